The number of hydrogen-bond acceptors (Lipinski definition) is 8. The van der Waals surface area contributed by atoms with E-state index < -0.39 is 36.0 Å². The van der Waals surface area contributed by atoms with Crippen molar-refractivity contribution in [3.63, 3.8) is 0 Å². The van der Waals surface area contributed by atoms with Crippen LogP contribution in [0.5, 0.6) is 0 Å². The molecule has 0 spiro atoms. The number of carbonyl (C=O) groups is 4. The lowest BCUT2D eigenvalue weighted by Crippen LogP contribution is -2.32. The van der Waals surface area contributed by atoms with E-state index in [2.05, 4.69) is 9.47 Å². The van der Waals surface area contributed by atoms with Crippen molar-refractivity contribution in [2.75, 3.05) is 0 Å². The quantitative estimate of drug-likeness (QED) is 0.573. The van der Waals surface area contributed by atoms with Crippen LogP contribution in [-0.2, 0) is 19.1 Å². The SMILES string of the molecule is C[C@H](N)C(=O)OC(=O)c1ccccc1C(=O)OC(=O)[C@H](C)N. The first kappa shape index (κ1) is 17.5. The fourth-order valence-electron chi connectivity index (χ4n) is 1.32. The molecule has 0 radical (unpaired) electrons. The highest BCUT2D eigenvalue weighted by Crippen LogP contribution is 2.12. The first-order valence-electron chi connectivity index (χ1n) is 6.36. The summed E-state index contributed by atoms with van der Waals surface area (Å²) >= 11 is 0. The first-order chi connectivity index (χ1) is 10.2. The number of carbonyl (C=O) groups excluding carboxylic acids is 4. The third-order valence-corrected chi connectivity index (χ3v) is 2.50. The number of benzene rings is 1. The molecule has 0 amide bonds. The zero-order valence-electron chi connectivity index (χ0n) is 12.1. The molecule has 0 saturated heterocycles. The molecule has 8 heteroatoms. The molecule has 0 aliphatic rings. The summed E-state index contributed by atoms with van der Waals surface area (Å²) in [6.07, 6.45) is 0. The third kappa shape index (κ3) is 4.47. The molecule has 1 rings (SSSR count). The summed E-state index contributed by atoms with van der Waals surface area (Å²) in [5, 5.41) is 0. The molecule has 8 nitrogen and oxygen atoms in total. The van der Waals surface area contributed by atoms with Crippen molar-refractivity contribution in [3.8, 4) is 0 Å². The maximum absolute atomic E-state index is 11.9. The molecule has 1 aromatic rings. The van der Waals surface area contributed by atoms with Crippen LogP contribution < -0.4 is 11.5 Å². The van der Waals surface area contributed by atoms with Crippen LogP contribution in [0.25, 0.3) is 0 Å². The highest BCUT2D eigenvalue weighted by Gasteiger charge is 2.24. The summed E-state index contributed by atoms with van der Waals surface area (Å²) in [6.45, 7) is 2.69. The van der Waals surface area contributed by atoms with Crippen LogP contribution in [0.4, 0.5) is 0 Å². The minimum atomic E-state index is -1.07. The van der Waals surface area contributed by atoms with Gasteiger partial charge in [-0.1, -0.05) is 12.1 Å². The lowest BCUT2D eigenvalue weighted by molar-refractivity contribution is -0.140. The molecule has 22 heavy (non-hydrogen) atoms. The van der Waals surface area contributed by atoms with Crippen molar-refractivity contribution in [1.82, 2.24) is 0 Å². The molecule has 0 unspecified atom stereocenters. The average molecular weight is 308 g/mol. The van der Waals surface area contributed by atoms with Crippen LogP contribution >= 0.6 is 0 Å². The highest BCUT2D eigenvalue weighted by molar-refractivity contribution is 6.08. The Bertz CT molecular complexity index is 556. The monoisotopic (exact) mass is 308 g/mol. The Balaban J connectivity index is 2.99. The van der Waals surface area contributed by atoms with Crippen molar-refractivity contribution >= 4 is 23.9 Å². The Kier molecular flexibility index (Phi) is 5.90. The van der Waals surface area contributed by atoms with Gasteiger partial charge in [-0.25, -0.2) is 19.2 Å². The lowest BCUT2D eigenvalue weighted by atomic mass is 10.1. The highest BCUT2D eigenvalue weighted by atomic mass is 16.6. The van der Waals surface area contributed by atoms with Gasteiger partial charge in [0.05, 0.1) is 11.1 Å². The molecule has 0 aliphatic heterocycles. The predicted molar refractivity (Wildman–Crippen MR) is 74.6 cm³/mol. The van der Waals surface area contributed by atoms with E-state index in [0.29, 0.717) is 0 Å². The summed E-state index contributed by atoms with van der Waals surface area (Å²) in [7, 11) is 0. The van der Waals surface area contributed by atoms with Crippen LogP contribution in [-0.4, -0.2) is 36.0 Å². The molecule has 4 N–H and O–H groups in total. The van der Waals surface area contributed by atoms with Gasteiger partial charge in [0, 0.05) is 0 Å². The van der Waals surface area contributed by atoms with Crippen molar-refractivity contribution in [1.29, 1.82) is 0 Å². The molecule has 118 valence electrons. The maximum Gasteiger partial charge on any atom is 0.346 e. The number of nitrogens with two attached hydrogens (primary N) is 2. The number of hydrogen-bond donors (Lipinski definition) is 2. The van der Waals surface area contributed by atoms with E-state index in [0.717, 1.165) is 0 Å². The fraction of sp³-hybridized carbons (Fsp3) is 0.286. The minimum absolute atomic E-state index is 0.223. The topological polar surface area (TPSA) is 139 Å². The van der Waals surface area contributed by atoms with Gasteiger partial charge < -0.3 is 20.9 Å². The number of ether oxygens (including phenoxy) is 2. The van der Waals surface area contributed by atoms with Crippen LogP contribution in [0, 0.1) is 0 Å². The molecule has 0 fully saturated rings. The predicted octanol–water partition coefficient (Wildman–Crippen LogP) is -0.252. The van der Waals surface area contributed by atoms with Crippen LogP contribution in [0.3, 0.4) is 0 Å². The second-order valence-corrected chi connectivity index (χ2v) is 4.54. The fourth-order valence-corrected chi connectivity index (χ4v) is 1.32. The molecule has 0 aliphatic carbocycles. The van der Waals surface area contributed by atoms with Gasteiger partial charge in [0.1, 0.15) is 12.1 Å². The van der Waals surface area contributed by atoms with Gasteiger partial charge >= 0.3 is 23.9 Å². The van der Waals surface area contributed by atoms with E-state index in [1.807, 2.05) is 0 Å². The lowest BCUT2D eigenvalue weighted by Gasteiger charge is -2.10. The maximum atomic E-state index is 11.9. The van der Waals surface area contributed by atoms with Crippen molar-refractivity contribution in [3.05, 3.63) is 35.4 Å². The molecule has 0 heterocycles. The van der Waals surface area contributed by atoms with E-state index >= 15 is 0 Å². The van der Waals surface area contributed by atoms with Gasteiger partial charge in [-0.05, 0) is 26.0 Å². The van der Waals surface area contributed by atoms with Gasteiger partial charge in [0.2, 0.25) is 0 Å². The number of esters is 4. The smallest absolute Gasteiger partial charge is 0.346 e. The second kappa shape index (κ2) is 7.43. The summed E-state index contributed by atoms with van der Waals surface area (Å²) in [4.78, 5) is 46.4. The van der Waals surface area contributed by atoms with E-state index in [4.69, 9.17) is 11.5 Å². The second-order valence-electron chi connectivity index (χ2n) is 4.54. The molecule has 0 saturated carbocycles. The summed E-state index contributed by atoms with van der Waals surface area (Å²) in [6, 6.07) is 3.42. The Labute approximate surface area is 126 Å². The standard InChI is InChI=1S/C14H16N2O6/c1-7(15)11(17)21-13(19)9-5-3-4-6-10(9)14(20)22-12(18)8(2)16/h3-8H,15-16H2,1-2H3/t7-,8-/m0/s1. The molecule has 0 aromatic heterocycles. The summed E-state index contributed by atoms with van der Waals surface area (Å²) in [5.41, 5.74) is 10.1. The zero-order valence-corrected chi connectivity index (χ0v) is 12.1. The van der Waals surface area contributed by atoms with Gasteiger partial charge in [-0.15, -0.1) is 0 Å². The van der Waals surface area contributed by atoms with E-state index in [-0.39, 0.29) is 11.1 Å². The summed E-state index contributed by atoms with van der Waals surface area (Å²) < 4.78 is 9.04. The molecule has 0 bridgehead atoms. The summed E-state index contributed by atoms with van der Waals surface area (Å²) in [5.74, 6) is -4.02. The molecular formula is C14H16N2O6. The van der Waals surface area contributed by atoms with Crippen LogP contribution in [0.1, 0.15) is 34.6 Å². The van der Waals surface area contributed by atoms with Crippen molar-refractivity contribution in [2.45, 2.75) is 25.9 Å². The normalized spacial score (nSPS) is 12.9. The molecule has 2 atom stereocenters. The van der Waals surface area contributed by atoms with E-state index in [1.54, 1.807) is 0 Å². The van der Waals surface area contributed by atoms with Crippen molar-refractivity contribution in [2.24, 2.45) is 11.5 Å². The first-order valence-corrected chi connectivity index (χ1v) is 6.36. The molecule has 1 aromatic carbocycles. The van der Waals surface area contributed by atoms with E-state index in [1.165, 1.54) is 38.1 Å². The van der Waals surface area contributed by atoms with Gasteiger partial charge in [-0.3, -0.25) is 0 Å². The Hall–Kier alpha value is -2.58. The average Bonchev–Trinajstić information content (AvgIpc) is 2.46. The van der Waals surface area contributed by atoms with E-state index in [9.17, 15) is 19.2 Å². The Morgan fingerprint density at radius 1 is 0.818 bits per heavy atom. The number of rotatable bonds is 4. The van der Waals surface area contributed by atoms with Gasteiger partial charge in [0.25, 0.3) is 0 Å². The van der Waals surface area contributed by atoms with Crippen LogP contribution in [0.15, 0.2) is 24.3 Å². The van der Waals surface area contributed by atoms with Crippen molar-refractivity contribution < 1.29 is 28.7 Å². The van der Waals surface area contributed by atoms with Gasteiger partial charge in [0.15, 0.2) is 0 Å². The minimum Gasteiger partial charge on any atom is -0.388 e. The molecular weight excluding hydrogens is 292 g/mol. The zero-order chi connectivity index (χ0) is 16.9. The van der Waals surface area contributed by atoms with Crippen LogP contribution in [0.2, 0.25) is 0 Å². The Morgan fingerprint density at radius 3 is 1.41 bits per heavy atom. The largest absolute Gasteiger partial charge is 0.388 e. The van der Waals surface area contributed by atoms with Gasteiger partial charge in [-0.2, -0.15) is 0 Å². The Morgan fingerprint density at radius 2 is 1.14 bits per heavy atom. The third-order valence-electron chi connectivity index (χ3n) is 2.50.